The Hall–Kier alpha value is -0.460. The van der Waals surface area contributed by atoms with Crippen LogP contribution in [0.25, 0.3) is 0 Å². The van der Waals surface area contributed by atoms with Crippen molar-refractivity contribution < 1.29 is 10.3 Å². The molecule has 0 saturated heterocycles. The highest BCUT2D eigenvalue weighted by Gasteiger charge is 2.24. The van der Waals surface area contributed by atoms with Crippen LogP contribution in [-0.2, 0) is 0 Å². The van der Waals surface area contributed by atoms with Gasteiger partial charge in [0.05, 0.1) is 5.60 Å². The summed E-state index contributed by atoms with van der Waals surface area (Å²) in [6.45, 7) is 6.91. The summed E-state index contributed by atoms with van der Waals surface area (Å²) in [7, 11) is 0. The summed E-state index contributed by atoms with van der Waals surface area (Å²) < 4.78 is 0. The number of hydrogen-bond acceptors (Lipinski definition) is 5. The Bertz CT molecular complexity index is 255. The van der Waals surface area contributed by atoms with Crippen molar-refractivity contribution in [3.05, 3.63) is 0 Å². The third kappa shape index (κ3) is 6.75. The van der Waals surface area contributed by atoms with Crippen LogP contribution in [0.2, 0.25) is 0 Å². The van der Waals surface area contributed by atoms with Gasteiger partial charge < -0.3 is 21.4 Å². The van der Waals surface area contributed by atoms with Crippen molar-refractivity contribution in [3.63, 3.8) is 0 Å². The van der Waals surface area contributed by atoms with E-state index in [4.69, 9.17) is 10.9 Å². The first kappa shape index (κ1) is 16.5. The molecule has 1 atom stereocenters. The van der Waals surface area contributed by atoms with Crippen LogP contribution in [0.5, 0.6) is 0 Å². The first-order chi connectivity index (χ1) is 7.75. The molecule has 0 aliphatic carbocycles. The number of nitrogens with one attached hydrogen (secondary N) is 1. The normalized spacial score (nSPS) is 16.9. The summed E-state index contributed by atoms with van der Waals surface area (Å²) in [4.78, 5) is 0. The maximum atomic E-state index is 9.93. The molecule has 5 nitrogen and oxygen atoms in total. The maximum absolute atomic E-state index is 9.93. The fraction of sp³-hybridized carbons (Fsp3) is 0.909. The predicted molar refractivity (Wildman–Crippen MR) is 73.7 cm³/mol. The molecule has 0 aliphatic rings. The van der Waals surface area contributed by atoms with E-state index >= 15 is 0 Å². The SMILES string of the molecule is CSCC(C)(O)CNCCC(C)(C)C(N)=NO. The van der Waals surface area contributed by atoms with E-state index in [1.165, 1.54) is 0 Å². The van der Waals surface area contributed by atoms with Gasteiger partial charge >= 0.3 is 0 Å². The number of thioether (sulfide) groups is 1. The second-order valence-electron chi connectivity index (χ2n) is 5.23. The summed E-state index contributed by atoms with van der Waals surface area (Å²) in [5, 5.41) is 24.8. The molecule has 0 radical (unpaired) electrons. The van der Waals surface area contributed by atoms with Crippen molar-refractivity contribution in [3.8, 4) is 0 Å². The molecule has 0 rings (SSSR count). The minimum atomic E-state index is -0.694. The highest BCUT2D eigenvalue weighted by molar-refractivity contribution is 7.98. The molecule has 0 aromatic rings. The van der Waals surface area contributed by atoms with E-state index in [2.05, 4.69) is 10.5 Å². The highest BCUT2D eigenvalue weighted by Crippen LogP contribution is 2.19. The minimum Gasteiger partial charge on any atom is -0.409 e. The third-order valence-corrected chi connectivity index (χ3v) is 3.60. The average molecular weight is 263 g/mol. The molecule has 0 saturated carbocycles. The highest BCUT2D eigenvalue weighted by atomic mass is 32.2. The second-order valence-corrected chi connectivity index (χ2v) is 6.09. The Morgan fingerprint density at radius 3 is 2.47 bits per heavy atom. The Kier molecular flexibility index (Phi) is 6.89. The molecule has 6 heteroatoms. The molecule has 0 heterocycles. The monoisotopic (exact) mass is 263 g/mol. The number of nitrogens with two attached hydrogens (primary N) is 1. The van der Waals surface area contributed by atoms with Crippen LogP contribution in [-0.4, -0.2) is 46.8 Å². The van der Waals surface area contributed by atoms with Crippen LogP contribution >= 0.6 is 11.8 Å². The Morgan fingerprint density at radius 1 is 1.41 bits per heavy atom. The standard InChI is InChI=1S/C11H25N3O2S/c1-10(2,9(12)14-16)5-6-13-7-11(3,15)8-17-4/h13,15-16H,5-8H2,1-4H3,(H2,12,14). The van der Waals surface area contributed by atoms with Gasteiger partial charge in [-0.2, -0.15) is 11.8 Å². The van der Waals surface area contributed by atoms with E-state index in [9.17, 15) is 5.11 Å². The number of aliphatic hydroxyl groups is 1. The van der Waals surface area contributed by atoms with E-state index in [0.29, 0.717) is 18.8 Å². The van der Waals surface area contributed by atoms with E-state index in [1.807, 2.05) is 27.0 Å². The number of rotatable bonds is 8. The van der Waals surface area contributed by atoms with Gasteiger partial charge in [0.1, 0.15) is 5.84 Å². The number of nitrogens with zero attached hydrogens (tertiary/aromatic N) is 1. The van der Waals surface area contributed by atoms with E-state index < -0.39 is 5.60 Å². The molecule has 5 N–H and O–H groups in total. The Balaban J connectivity index is 3.93. The van der Waals surface area contributed by atoms with Crippen molar-refractivity contribution in [2.45, 2.75) is 32.8 Å². The summed E-state index contributed by atoms with van der Waals surface area (Å²) in [6, 6.07) is 0. The first-order valence-electron chi connectivity index (χ1n) is 5.65. The van der Waals surface area contributed by atoms with Gasteiger partial charge in [-0.25, -0.2) is 0 Å². The number of oxime groups is 1. The van der Waals surface area contributed by atoms with Gasteiger partial charge in [-0.1, -0.05) is 19.0 Å². The average Bonchev–Trinajstić information content (AvgIpc) is 2.23. The van der Waals surface area contributed by atoms with Crippen LogP contribution in [0.15, 0.2) is 5.16 Å². The molecular weight excluding hydrogens is 238 g/mol. The smallest absolute Gasteiger partial charge is 0.144 e. The summed E-state index contributed by atoms with van der Waals surface area (Å²) in [5.41, 5.74) is 4.55. The summed E-state index contributed by atoms with van der Waals surface area (Å²) in [5.74, 6) is 0.930. The lowest BCUT2D eigenvalue weighted by Gasteiger charge is -2.26. The molecule has 0 aliphatic heterocycles. The van der Waals surface area contributed by atoms with Crippen molar-refractivity contribution in [1.29, 1.82) is 0 Å². The van der Waals surface area contributed by atoms with Crippen LogP contribution in [0.1, 0.15) is 27.2 Å². The fourth-order valence-corrected chi connectivity index (χ4v) is 2.11. The summed E-state index contributed by atoms with van der Waals surface area (Å²) >= 11 is 1.62. The minimum absolute atomic E-state index is 0.232. The molecule has 0 aromatic carbocycles. The lowest BCUT2D eigenvalue weighted by atomic mass is 9.88. The third-order valence-electron chi connectivity index (χ3n) is 2.69. The first-order valence-corrected chi connectivity index (χ1v) is 7.04. The molecule has 1 unspecified atom stereocenters. The van der Waals surface area contributed by atoms with Crippen molar-refractivity contribution in [2.24, 2.45) is 16.3 Å². The fourth-order valence-electron chi connectivity index (χ4n) is 1.38. The Labute approximate surface area is 108 Å². The van der Waals surface area contributed by atoms with Crippen molar-refractivity contribution in [1.82, 2.24) is 5.32 Å². The maximum Gasteiger partial charge on any atom is 0.144 e. The predicted octanol–water partition coefficient (Wildman–Crippen LogP) is 0.853. The zero-order valence-corrected chi connectivity index (χ0v) is 12.0. The van der Waals surface area contributed by atoms with Gasteiger partial charge in [0.25, 0.3) is 0 Å². The van der Waals surface area contributed by atoms with Crippen LogP contribution in [0.4, 0.5) is 0 Å². The zero-order chi connectivity index (χ0) is 13.5. The van der Waals surface area contributed by atoms with E-state index in [-0.39, 0.29) is 11.3 Å². The van der Waals surface area contributed by atoms with Crippen LogP contribution in [0, 0.1) is 5.41 Å². The van der Waals surface area contributed by atoms with Gasteiger partial charge in [0, 0.05) is 17.7 Å². The van der Waals surface area contributed by atoms with Gasteiger partial charge in [-0.3, -0.25) is 0 Å². The number of amidine groups is 1. The molecule has 0 spiro atoms. The van der Waals surface area contributed by atoms with Crippen LogP contribution < -0.4 is 11.1 Å². The Morgan fingerprint density at radius 2 is 2.00 bits per heavy atom. The van der Waals surface area contributed by atoms with Crippen LogP contribution in [0.3, 0.4) is 0 Å². The van der Waals surface area contributed by atoms with Gasteiger partial charge in [-0.15, -0.1) is 0 Å². The molecule has 0 bridgehead atoms. The van der Waals surface area contributed by atoms with Gasteiger partial charge in [0.2, 0.25) is 0 Å². The topological polar surface area (TPSA) is 90.9 Å². The number of hydrogen-bond donors (Lipinski definition) is 4. The molecule has 0 amide bonds. The van der Waals surface area contributed by atoms with Gasteiger partial charge in [-0.05, 0) is 26.1 Å². The molecule has 17 heavy (non-hydrogen) atoms. The summed E-state index contributed by atoms with van der Waals surface area (Å²) in [6.07, 6.45) is 2.72. The second kappa shape index (κ2) is 7.08. The van der Waals surface area contributed by atoms with Crippen molar-refractivity contribution >= 4 is 17.6 Å². The van der Waals surface area contributed by atoms with E-state index in [1.54, 1.807) is 11.8 Å². The molecular formula is C11H25N3O2S. The molecule has 0 aromatic heterocycles. The lowest BCUT2D eigenvalue weighted by Crippen LogP contribution is -2.42. The van der Waals surface area contributed by atoms with Crippen molar-refractivity contribution in [2.75, 3.05) is 25.1 Å². The largest absolute Gasteiger partial charge is 0.409 e. The quantitative estimate of drug-likeness (QED) is 0.171. The van der Waals surface area contributed by atoms with Gasteiger partial charge in [0.15, 0.2) is 0 Å². The molecule has 102 valence electrons. The lowest BCUT2D eigenvalue weighted by molar-refractivity contribution is 0.0844. The zero-order valence-electron chi connectivity index (χ0n) is 11.2. The van der Waals surface area contributed by atoms with E-state index in [0.717, 1.165) is 6.42 Å². The molecule has 0 fully saturated rings.